The number of nitrogens with zero attached hydrogens (tertiary/aromatic N) is 1. The van der Waals surface area contributed by atoms with Crippen molar-refractivity contribution >= 4 is 29.2 Å². The summed E-state index contributed by atoms with van der Waals surface area (Å²) in [6.45, 7) is 0.775. The van der Waals surface area contributed by atoms with Gasteiger partial charge in [-0.3, -0.25) is 4.84 Å². The predicted octanol–water partition coefficient (Wildman–Crippen LogP) is 4.36. The third kappa shape index (κ3) is 2.35. The highest BCUT2D eigenvalue weighted by Crippen LogP contribution is 2.58. The molecule has 0 unspecified atom stereocenters. The first-order valence-corrected chi connectivity index (χ1v) is 9.16. The Balaban J connectivity index is 1.77. The Morgan fingerprint density at radius 1 is 0.905 bits per heavy atom. The van der Waals surface area contributed by atoms with Crippen molar-refractivity contribution < 1.29 is 4.84 Å². The number of rotatable bonds is 2. The fraction of sp³-hybridized carbons (Fsp3) is 0.294. The van der Waals surface area contributed by atoms with E-state index in [0.29, 0.717) is 0 Å². The Bertz CT molecular complexity index is 599. The van der Waals surface area contributed by atoms with E-state index in [0.717, 1.165) is 12.3 Å². The molecule has 0 aliphatic carbocycles. The molecule has 1 atom stereocenters. The smallest absolute Gasteiger partial charge is 0.114 e. The Kier molecular flexibility index (Phi) is 3.61. The minimum absolute atomic E-state index is 0.122. The Morgan fingerprint density at radius 3 is 2.19 bits per heavy atom. The third-order valence-electron chi connectivity index (χ3n) is 3.96. The quantitative estimate of drug-likeness (QED) is 0.816. The fourth-order valence-corrected chi connectivity index (χ4v) is 6.27. The molecule has 2 aromatic rings. The molecule has 2 aliphatic rings. The van der Waals surface area contributed by atoms with E-state index in [2.05, 4.69) is 59.7 Å². The van der Waals surface area contributed by atoms with E-state index >= 15 is 0 Å². The standard InChI is InChI=1S/C17H17NOS2/c1-3-7-14(8-4-1)16-17(20-11-12-21-17)13-19-18(16)15-9-5-2-6-10-15/h1-10,16H,11-13H2/t16-/m1/s1. The topological polar surface area (TPSA) is 12.5 Å². The van der Waals surface area contributed by atoms with Gasteiger partial charge >= 0.3 is 0 Å². The summed E-state index contributed by atoms with van der Waals surface area (Å²) in [6.07, 6.45) is 0. The lowest BCUT2D eigenvalue weighted by Crippen LogP contribution is -2.31. The van der Waals surface area contributed by atoms with Crippen molar-refractivity contribution in [2.24, 2.45) is 0 Å². The van der Waals surface area contributed by atoms with Gasteiger partial charge in [0, 0.05) is 11.5 Å². The van der Waals surface area contributed by atoms with Crippen molar-refractivity contribution in [2.45, 2.75) is 10.1 Å². The van der Waals surface area contributed by atoms with Gasteiger partial charge in [0.05, 0.1) is 5.69 Å². The van der Waals surface area contributed by atoms with Crippen molar-refractivity contribution in [3.63, 3.8) is 0 Å². The molecular formula is C17H17NOS2. The highest BCUT2D eigenvalue weighted by Gasteiger charge is 2.53. The molecule has 2 fully saturated rings. The first-order chi connectivity index (χ1) is 10.4. The molecule has 2 heterocycles. The van der Waals surface area contributed by atoms with Crippen molar-refractivity contribution in [3.8, 4) is 0 Å². The van der Waals surface area contributed by atoms with Crippen LogP contribution in [0, 0.1) is 0 Å². The first-order valence-electron chi connectivity index (χ1n) is 7.19. The van der Waals surface area contributed by atoms with Crippen molar-refractivity contribution in [2.75, 3.05) is 23.2 Å². The summed E-state index contributed by atoms with van der Waals surface area (Å²) >= 11 is 4.10. The predicted molar refractivity (Wildman–Crippen MR) is 91.7 cm³/mol. The lowest BCUT2D eigenvalue weighted by atomic mass is 10.0. The maximum Gasteiger partial charge on any atom is 0.114 e. The van der Waals surface area contributed by atoms with Crippen LogP contribution in [0.25, 0.3) is 0 Å². The molecule has 2 saturated heterocycles. The van der Waals surface area contributed by atoms with E-state index in [1.165, 1.54) is 17.1 Å². The zero-order chi connectivity index (χ0) is 14.1. The second-order valence-electron chi connectivity index (χ2n) is 5.26. The molecule has 2 aliphatic heterocycles. The fourth-order valence-electron chi connectivity index (χ4n) is 3.03. The van der Waals surface area contributed by atoms with Crippen molar-refractivity contribution in [3.05, 3.63) is 66.2 Å². The molecule has 0 radical (unpaired) electrons. The molecule has 21 heavy (non-hydrogen) atoms. The molecular weight excluding hydrogens is 298 g/mol. The number of hydrogen-bond donors (Lipinski definition) is 0. The van der Waals surface area contributed by atoms with Crippen LogP contribution >= 0.6 is 23.5 Å². The maximum atomic E-state index is 6.14. The monoisotopic (exact) mass is 315 g/mol. The van der Waals surface area contributed by atoms with E-state index in [-0.39, 0.29) is 10.1 Å². The van der Waals surface area contributed by atoms with Crippen LogP contribution in [0.15, 0.2) is 60.7 Å². The van der Waals surface area contributed by atoms with Crippen LogP contribution in [-0.4, -0.2) is 22.2 Å². The van der Waals surface area contributed by atoms with Crippen LogP contribution in [0.4, 0.5) is 5.69 Å². The van der Waals surface area contributed by atoms with Gasteiger partial charge in [-0.25, -0.2) is 5.06 Å². The lowest BCUT2D eigenvalue weighted by molar-refractivity contribution is 0.158. The number of thioether (sulfide) groups is 2. The molecule has 0 N–H and O–H groups in total. The van der Waals surface area contributed by atoms with Crippen LogP contribution < -0.4 is 5.06 Å². The van der Waals surface area contributed by atoms with Crippen LogP contribution in [0.1, 0.15) is 11.6 Å². The second-order valence-corrected chi connectivity index (χ2v) is 8.37. The zero-order valence-corrected chi connectivity index (χ0v) is 13.3. The first kappa shape index (κ1) is 13.6. The van der Waals surface area contributed by atoms with E-state index in [1.807, 2.05) is 29.6 Å². The summed E-state index contributed by atoms with van der Waals surface area (Å²) in [4.78, 5) is 6.14. The molecule has 1 spiro atoms. The van der Waals surface area contributed by atoms with Crippen LogP contribution in [0.5, 0.6) is 0 Å². The van der Waals surface area contributed by atoms with E-state index in [9.17, 15) is 0 Å². The summed E-state index contributed by atoms with van der Waals surface area (Å²) < 4.78 is 0.122. The van der Waals surface area contributed by atoms with Gasteiger partial charge in [0.1, 0.15) is 16.7 Å². The van der Waals surface area contributed by atoms with E-state index in [4.69, 9.17) is 4.84 Å². The Morgan fingerprint density at radius 2 is 1.52 bits per heavy atom. The van der Waals surface area contributed by atoms with Crippen LogP contribution in [0.3, 0.4) is 0 Å². The minimum Gasteiger partial charge on any atom is -0.270 e. The number of benzene rings is 2. The molecule has 4 heteroatoms. The molecule has 108 valence electrons. The molecule has 4 rings (SSSR count). The second kappa shape index (κ2) is 5.59. The zero-order valence-electron chi connectivity index (χ0n) is 11.6. The van der Waals surface area contributed by atoms with Crippen molar-refractivity contribution in [1.29, 1.82) is 0 Å². The average Bonchev–Trinajstić information content (AvgIpc) is 3.17. The highest BCUT2D eigenvalue weighted by atomic mass is 32.2. The van der Waals surface area contributed by atoms with Gasteiger partial charge in [-0.05, 0) is 17.7 Å². The van der Waals surface area contributed by atoms with Gasteiger partial charge in [-0.15, -0.1) is 23.5 Å². The molecule has 0 aromatic heterocycles. The molecule has 2 aromatic carbocycles. The van der Waals surface area contributed by atoms with Crippen LogP contribution in [-0.2, 0) is 4.84 Å². The Hall–Kier alpha value is -1.10. The van der Waals surface area contributed by atoms with Gasteiger partial charge in [0.15, 0.2) is 0 Å². The van der Waals surface area contributed by atoms with E-state index in [1.54, 1.807) is 0 Å². The summed E-state index contributed by atoms with van der Waals surface area (Å²) in [6, 6.07) is 21.5. The van der Waals surface area contributed by atoms with Gasteiger partial charge < -0.3 is 0 Å². The molecule has 0 saturated carbocycles. The van der Waals surface area contributed by atoms with Gasteiger partial charge in [-0.2, -0.15) is 0 Å². The SMILES string of the molecule is c1ccc([C@H]2N(c3ccccc3)OCC23SCCS3)cc1. The van der Waals surface area contributed by atoms with E-state index < -0.39 is 0 Å². The number of anilines is 1. The van der Waals surface area contributed by atoms with Crippen LogP contribution in [0.2, 0.25) is 0 Å². The lowest BCUT2D eigenvalue weighted by Gasteiger charge is -2.32. The third-order valence-corrected chi connectivity index (χ3v) is 7.40. The van der Waals surface area contributed by atoms with Gasteiger partial charge in [-0.1, -0.05) is 48.5 Å². The summed E-state index contributed by atoms with van der Waals surface area (Å²) in [5.41, 5.74) is 2.47. The van der Waals surface area contributed by atoms with Crippen molar-refractivity contribution in [1.82, 2.24) is 0 Å². The summed E-state index contributed by atoms with van der Waals surface area (Å²) in [7, 11) is 0. The molecule has 0 bridgehead atoms. The largest absolute Gasteiger partial charge is 0.270 e. The highest BCUT2D eigenvalue weighted by molar-refractivity contribution is 8.21. The number of para-hydroxylation sites is 1. The van der Waals surface area contributed by atoms with Gasteiger partial charge in [0.25, 0.3) is 0 Å². The Labute approximate surface area is 133 Å². The maximum absolute atomic E-state index is 6.14. The number of hydroxylamine groups is 1. The minimum atomic E-state index is 0.122. The normalized spacial score (nSPS) is 23.8. The van der Waals surface area contributed by atoms with Gasteiger partial charge in [0.2, 0.25) is 0 Å². The average molecular weight is 315 g/mol. The molecule has 2 nitrogen and oxygen atoms in total. The number of hydrogen-bond acceptors (Lipinski definition) is 4. The summed E-state index contributed by atoms with van der Waals surface area (Å²) in [5.74, 6) is 2.42. The molecule has 0 amide bonds. The summed E-state index contributed by atoms with van der Waals surface area (Å²) in [5, 5.41) is 2.11.